The van der Waals surface area contributed by atoms with Crippen LogP contribution in [-0.2, 0) is 27.4 Å². The van der Waals surface area contributed by atoms with Crippen LogP contribution in [-0.4, -0.2) is 70.3 Å². The molecule has 0 radical (unpaired) electrons. The Morgan fingerprint density at radius 3 is 3.03 bits per heavy atom. The molecule has 1 aromatic carbocycles. The van der Waals surface area contributed by atoms with Crippen LogP contribution in [0.4, 0.5) is 0 Å². The van der Waals surface area contributed by atoms with E-state index in [4.69, 9.17) is 9.47 Å². The maximum Gasteiger partial charge on any atom is 0.230 e. The van der Waals surface area contributed by atoms with Gasteiger partial charge in [0.15, 0.2) is 0 Å². The summed E-state index contributed by atoms with van der Waals surface area (Å²) in [6.07, 6.45) is 7.18. The van der Waals surface area contributed by atoms with Crippen LogP contribution in [0.5, 0.6) is 5.75 Å². The Bertz CT molecular complexity index is 1020. The molecule has 8 nitrogen and oxygen atoms in total. The molecule has 0 unspecified atom stereocenters. The van der Waals surface area contributed by atoms with Gasteiger partial charge in [-0.05, 0) is 23.8 Å². The summed E-state index contributed by atoms with van der Waals surface area (Å²) in [5.74, 6) is -0.284. The summed E-state index contributed by atoms with van der Waals surface area (Å²) in [4.78, 5) is 30.2. The number of likely N-dealkylation sites (N-methyl/N-ethyl adjacent to an activating group) is 1. The average molecular weight is 422 g/mol. The fourth-order valence-corrected chi connectivity index (χ4v) is 5.04. The van der Waals surface area contributed by atoms with Crippen molar-refractivity contribution in [3.63, 3.8) is 0 Å². The highest BCUT2D eigenvalue weighted by Crippen LogP contribution is 2.52. The zero-order valence-corrected chi connectivity index (χ0v) is 17.7. The number of fused-ring (bicyclic) bond motifs is 1. The molecular formula is C23H26N4O4. The lowest BCUT2D eigenvalue weighted by Crippen LogP contribution is -2.45. The Kier molecular flexibility index (Phi) is 4.81. The normalized spacial score (nSPS) is 28.3. The fraction of sp³-hybridized carbons (Fsp3) is 0.435. The second-order valence-electron chi connectivity index (χ2n) is 8.47. The summed E-state index contributed by atoms with van der Waals surface area (Å²) >= 11 is 0. The van der Waals surface area contributed by atoms with Gasteiger partial charge in [0.25, 0.3) is 0 Å². The summed E-state index contributed by atoms with van der Waals surface area (Å²) in [6, 6.07) is 9.55. The van der Waals surface area contributed by atoms with Crippen LogP contribution >= 0.6 is 0 Å². The number of rotatable bonds is 7. The van der Waals surface area contributed by atoms with Gasteiger partial charge in [-0.25, -0.2) is 0 Å². The van der Waals surface area contributed by atoms with E-state index in [2.05, 4.69) is 5.10 Å². The van der Waals surface area contributed by atoms with Crippen LogP contribution in [0.2, 0.25) is 0 Å². The van der Waals surface area contributed by atoms with E-state index in [1.54, 1.807) is 34.8 Å². The zero-order chi connectivity index (χ0) is 21.6. The predicted molar refractivity (Wildman–Crippen MR) is 112 cm³/mol. The molecule has 2 bridgehead atoms. The molecule has 2 fully saturated rings. The molecule has 0 aliphatic carbocycles. The van der Waals surface area contributed by atoms with Gasteiger partial charge in [-0.15, -0.1) is 0 Å². The minimum atomic E-state index is -0.705. The van der Waals surface area contributed by atoms with Crippen LogP contribution in [0.15, 0.2) is 54.9 Å². The number of carbonyl (C=O) groups excluding carboxylic acids is 2. The van der Waals surface area contributed by atoms with Crippen molar-refractivity contribution in [1.82, 2.24) is 19.6 Å². The monoisotopic (exact) mass is 422 g/mol. The van der Waals surface area contributed by atoms with E-state index in [1.165, 1.54) is 0 Å². The minimum absolute atomic E-state index is 0.0199. The van der Waals surface area contributed by atoms with Gasteiger partial charge in [0.05, 0.1) is 38.1 Å². The molecule has 1 aromatic heterocycles. The lowest BCUT2D eigenvalue weighted by atomic mass is 9.76. The highest BCUT2D eigenvalue weighted by molar-refractivity contribution is 5.93. The zero-order valence-electron chi connectivity index (χ0n) is 17.7. The molecular weight excluding hydrogens is 396 g/mol. The number of hydrogen-bond acceptors (Lipinski definition) is 5. The molecule has 1 spiro atoms. The van der Waals surface area contributed by atoms with Gasteiger partial charge in [0, 0.05) is 32.5 Å². The predicted octanol–water partition coefficient (Wildman–Crippen LogP) is 1.33. The number of hydrogen-bond donors (Lipinski definition) is 0. The molecule has 31 heavy (non-hydrogen) atoms. The third-order valence-electron chi connectivity index (χ3n) is 6.57. The Morgan fingerprint density at radius 1 is 1.39 bits per heavy atom. The van der Waals surface area contributed by atoms with E-state index >= 15 is 0 Å². The van der Waals surface area contributed by atoms with Gasteiger partial charge in [-0.1, -0.05) is 24.3 Å². The molecule has 3 aliphatic rings. The lowest BCUT2D eigenvalue weighted by Gasteiger charge is -2.27. The van der Waals surface area contributed by atoms with Crippen molar-refractivity contribution in [2.45, 2.75) is 24.8 Å². The number of nitrogens with zero attached hydrogens (tertiary/aromatic N) is 4. The van der Waals surface area contributed by atoms with Crippen molar-refractivity contribution in [3.05, 3.63) is 60.4 Å². The van der Waals surface area contributed by atoms with Gasteiger partial charge >= 0.3 is 0 Å². The smallest absolute Gasteiger partial charge is 0.230 e. The molecule has 162 valence electrons. The second kappa shape index (κ2) is 7.53. The third-order valence-corrected chi connectivity index (χ3v) is 6.57. The van der Waals surface area contributed by atoms with E-state index in [1.807, 2.05) is 48.7 Å². The third kappa shape index (κ3) is 3.31. The summed E-state index contributed by atoms with van der Waals surface area (Å²) in [5, 5.41) is 4.18. The first-order valence-electron chi connectivity index (χ1n) is 10.5. The quantitative estimate of drug-likeness (QED) is 0.630. The Hall–Kier alpha value is -3.13. The van der Waals surface area contributed by atoms with E-state index in [0.717, 1.165) is 11.3 Å². The molecule has 2 saturated heterocycles. The minimum Gasteiger partial charge on any atom is -0.497 e. The molecule has 3 aliphatic heterocycles. The van der Waals surface area contributed by atoms with E-state index < -0.39 is 17.4 Å². The fourth-order valence-electron chi connectivity index (χ4n) is 5.04. The van der Waals surface area contributed by atoms with Crippen molar-refractivity contribution < 1.29 is 19.1 Å². The second-order valence-corrected chi connectivity index (χ2v) is 8.47. The molecule has 0 saturated carbocycles. The number of ether oxygens (including phenoxy) is 2. The summed E-state index contributed by atoms with van der Waals surface area (Å²) in [7, 11) is 3.40. The number of methoxy groups -OCH3 is 1. The molecule has 5 rings (SSSR count). The van der Waals surface area contributed by atoms with E-state index in [9.17, 15) is 9.59 Å². The SMILES string of the molecule is COc1cccc(CN2C[C@]34C=C[C@H](O3)[C@@H](C(=O)N(C)CCn3cccn3)[C@H]4C2=O)c1. The van der Waals surface area contributed by atoms with E-state index in [0.29, 0.717) is 26.2 Å². The highest BCUT2D eigenvalue weighted by atomic mass is 16.5. The van der Waals surface area contributed by atoms with Crippen LogP contribution in [0.1, 0.15) is 5.56 Å². The average Bonchev–Trinajstić information content (AvgIpc) is 3.55. The number of amides is 2. The Labute approximate surface area is 181 Å². The number of benzene rings is 1. The first-order valence-corrected chi connectivity index (χ1v) is 10.5. The first kappa shape index (κ1) is 19.8. The van der Waals surface area contributed by atoms with Crippen molar-refractivity contribution in [2.24, 2.45) is 11.8 Å². The van der Waals surface area contributed by atoms with E-state index in [-0.39, 0.29) is 17.9 Å². The molecule has 4 heterocycles. The number of carbonyl (C=O) groups is 2. The topological polar surface area (TPSA) is 76.9 Å². The van der Waals surface area contributed by atoms with Gasteiger partial charge in [0.2, 0.25) is 11.8 Å². The first-order chi connectivity index (χ1) is 15.0. The Balaban J connectivity index is 1.32. The summed E-state index contributed by atoms with van der Waals surface area (Å²) < 4.78 is 13.3. The molecule has 8 heteroatoms. The van der Waals surface area contributed by atoms with Gasteiger partial charge < -0.3 is 19.3 Å². The molecule has 4 atom stereocenters. The van der Waals surface area contributed by atoms with Crippen molar-refractivity contribution in [3.8, 4) is 5.75 Å². The molecule has 0 N–H and O–H groups in total. The lowest BCUT2D eigenvalue weighted by molar-refractivity contribution is -0.142. The number of aromatic nitrogens is 2. The van der Waals surface area contributed by atoms with Crippen LogP contribution in [0, 0.1) is 11.8 Å². The summed E-state index contributed by atoms with van der Waals surface area (Å²) in [6.45, 7) is 2.05. The van der Waals surface area contributed by atoms with Crippen LogP contribution in [0.3, 0.4) is 0 Å². The van der Waals surface area contributed by atoms with Crippen molar-refractivity contribution >= 4 is 11.8 Å². The van der Waals surface area contributed by atoms with Crippen molar-refractivity contribution in [1.29, 1.82) is 0 Å². The maximum atomic E-state index is 13.4. The van der Waals surface area contributed by atoms with Gasteiger partial charge in [-0.3, -0.25) is 14.3 Å². The summed E-state index contributed by atoms with van der Waals surface area (Å²) in [5.41, 5.74) is 0.283. The van der Waals surface area contributed by atoms with Gasteiger partial charge in [0.1, 0.15) is 11.4 Å². The van der Waals surface area contributed by atoms with Crippen molar-refractivity contribution in [2.75, 3.05) is 27.2 Å². The highest BCUT2D eigenvalue weighted by Gasteiger charge is 2.67. The van der Waals surface area contributed by atoms with Crippen LogP contribution < -0.4 is 4.74 Å². The molecule has 2 aromatic rings. The van der Waals surface area contributed by atoms with Gasteiger partial charge in [-0.2, -0.15) is 5.10 Å². The standard InChI is InChI=1S/C23H26N4O4/c1-25(11-12-27-10-4-9-24-27)21(28)19-18-7-8-23(31-18)15-26(22(29)20(19)23)14-16-5-3-6-17(13-16)30-2/h3-10,13,18-20H,11-12,14-15H2,1-2H3/t18-,19+,20-,23-/m0/s1. The van der Waals surface area contributed by atoms with Crippen LogP contribution in [0.25, 0.3) is 0 Å². The molecule has 2 amide bonds. The Morgan fingerprint density at radius 2 is 2.26 bits per heavy atom. The maximum absolute atomic E-state index is 13.4. The number of likely N-dealkylation sites (tertiary alicyclic amines) is 1. The largest absolute Gasteiger partial charge is 0.497 e.